The van der Waals surface area contributed by atoms with Crippen LogP contribution < -0.4 is 0 Å². The topological polar surface area (TPSA) is 78.9 Å². The molecule has 0 radical (unpaired) electrons. The highest BCUT2D eigenvalue weighted by Crippen LogP contribution is 2.29. The number of ether oxygens (including phenoxy) is 3. The van der Waals surface area contributed by atoms with Gasteiger partial charge in [-0.1, -0.05) is 48.5 Å². The van der Waals surface area contributed by atoms with Gasteiger partial charge in [-0.15, -0.1) is 0 Å². The van der Waals surface area contributed by atoms with E-state index in [2.05, 4.69) is 20.8 Å². The summed E-state index contributed by atoms with van der Waals surface area (Å²) in [5.74, 6) is -1.34. The van der Waals surface area contributed by atoms with Crippen LogP contribution in [0.15, 0.2) is 85.5 Å². The minimum atomic E-state index is -4.34. The molecule has 3 aromatic carbocycles. The third-order valence-corrected chi connectivity index (χ3v) is 5.74. The Hall–Kier alpha value is -4.87. The molecule has 0 aliphatic carbocycles. The number of hydrogen-bond acceptors (Lipinski definition) is 6. The number of alkyl halides is 6. The first kappa shape index (κ1) is 38.2. The van der Waals surface area contributed by atoms with E-state index >= 15 is 0 Å². The number of carbonyl (C=O) groups is 3. The summed E-state index contributed by atoms with van der Waals surface area (Å²) < 4.78 is 86.2. The summed E-state index contributed by atoms with van der Waals surface area (Å²) >= 11 is 0. The molecule has 0 aliphatic heterocycles. The predicted octanol–water partition coefficient (Wildman–Crippen LogP) is 8.66. The maximum Gasteiger partial charge on any atom is 0.410 e. The standard InChI is InChI=1S/2C12H11F3O2.C9H10O2/c2*1-8(7-12(13,14)15)9-3-5-10(6-4-9)11(16)17-2;1-7-3-5-8(6-4-7)9(10)11-2/h3-7H,1-2H3;3-6H,1,7H2,2H3;3-6H,1-2H3/b8-7+;;. The predicted molar refractivity (Wildman–Crippen MR) is 157 cm³/mol. The number of benzene rings is 3. The average Bonchev–Trinajstić information content (AvgIpc) is 2.99. The molecule has 6 nitrogen and oxygen atoms in total. The molecule has 0 fully saturated rings. The first-order chi connectivity index (χ1) is 20.9. The number of methoxy groups -OCH3 is 3. The summed E-state index contributed by atoms with van der Waals surface area (Å²) in [6.07, 6.45) is -9.46. The summed E-state index contributed by atoms with van der Waals surface area (Å²) in [6, 6.07) is 18.7. The first-order valence-electron chi connectivity index (χ1n) is 12.9. The van der Waals surface area contributed by atoms with Gasteiger partial charge in [0.25, 0.3) is 0 Å². The molecule has 0 atom stereocenters. The highest BCUT2D eigenvalue weighted by atomic mass is 19.4. The van der Waals surface area contributed by atoms with E-state index < -0.39 is 30.7 Å². The van der Waals surface area contributed by atoms with Crippen molar-refractivity contribution in [2.24, 2.45) is 0 Å². The van der Waals surface area contributed by atoms with Crippen LogP contribution in [0.3, 0.4) is 0 Å². The Balaban J connectivity index is 0.000000346. The van der Waals surface area contributed by atoms with Gasteiger partial charge in [0, 0.05) is 6.08 Å². The molecule has 242 valence electrons. The van der Waals surface area contributed by atoms with E-state index in [1.165, 1.54) is 76.8 Å². The van der Waals surface area contributed by atoms with Crippen molar-refractivity contribution < 1.29 is 54.9 Å². The molecule has 0 aliphatic rings. The quantitative estimate of drug-likeness (QED) is 0.153. The van der Waals surface area contributed by atoms with Crippen molar-refractivity contribution in [2.75, 3.05) is 21.3 Å². The van der Waals surface area contributed by atoms with Gasteiger partial charge in [-0.3, -0.25) is 0 Å². The second kappa shape index (κ2) is 17.4. The van der Waals surface area contributed by atoms with E-state index in [9.17, 15) is 40.7 Å². The van der Waals surface area contributed by atoms with Crippen molar-refractivity contribution in [3.63, 3.8) is 0 Å². The molecule has 3 aromatic rings. The van der Waals surface area contributed by atoms with Gasteiger partial charge < -0.3 is 14.2 Å². The third kappa shape index (κ3) is 14.4. The third-order valence-electron chi connectivity index (χ3n) is 5.74. The lowest BCUT2D eigenvalue weighted by Crippen LogP contribution is -2.07. The van der Waals surface area contributed by atoms with Crippen molar-refractivity contribution >= 4 is 29.1 Å². The van der Waals surface area contributed by atoms with E-state index in [4.69, 9.17) is 0 Å². The van der Waals surface area contributed by atoms with Crippen LogP contribution in [-0.4, -0.2) is 51.6 Å². The Morgan fingerprint density at radius 2 is 0.933 bits per heavy atom. The lowest BCUT2D eigenvalue weighted by molar-refractivity contribution is -0.123. The summed E-state index contributed by atoms with van der Waals surface area (Å²) in [5, 5.41) is 0. The van der Waals surface area contributed by atoms with E-state index in [-0.39, 0.29) is 28.8 Å². The molecule has 0 N–H and O–H groups in total. The van der Waals surface area contributed by atoms with Crippen LogP contribution >= 0.6 is 0 Å². The average molecular weight is 639 g/mol. The van der Waals surface area contributed by atoms with E-state index in [1.807, 2.05) is 19.1 Å². The van der Waals surface area contributed by atoms with Crippen LogP contribution in [0.5, 0.6) is 0 Å². The van der Waals surface area contributed by atoms with Gasteiger partial charge in [0.15, 0.2) is 0 Å². The Bertz CT molecular complexity index is 1450. The minimum absolute atomic E-state index is 0.0334. The Labute approximate surface area is 256 Å². The lowest BCUT2D eigenvalue weighted by Gasteiger charge is -2.09. The molecule has 0 unspecified atom stereocenters. The lowest BCUT2D eigenvalue weighted by atomic mass is 10.0. The summed E-state index contributed by atoms with van der Waals surface area (Å²) in [7, 11) is 3.85. The molecule has 45 heavy (non-hydrogen) atoms. The van der Waals surface area contributed by atoms with Crippen molar-refractivity contribution in [1.29, 1.82) is 0 Å². The molecule has 0 aromatic heterocycles. The molecule has 12 heteroatoms. The van der Waals surface area contributed by atoms with Crippen molar-refractivity contribution in [3.8, 4) is 0 Å². The molecule has 0 saturated carbocycles. The zero-order chi connectivity index (χ0) is 34.4. The van der Waals surface area contributed by atoms with Gasteiger partial charge in [-0.2, -0.15) is 26.3 Å². The second-order valence-electron chi connectivity index (χ2n) is 9.26. The van der Waals surface area contributed by atoms with Crippen LogP contribution in [0.25, 0.3) is 11.1 Å². The number of carbonyl (C=O) groups excluding carboxylic acids is 3. The minimum Gasteiger partial charge on any atom is -0.465 e. The molecular formula is C33H32F6O6. The van der Waals surface area contributed by atoms with Crippen LogP contribution in [0.1, 0.15) is 61.1 Å². The smallest absolute Gasteiger partial charge is 0.410 e. The number of allylic oxidation sites excluding steroid dienone is 3. The maximum absolute atomic E-state index is 12.1. The fraction of sp³-hybridized carbons (Fsp3) is 0.242. The van der Waals surface area contributed by atoms with Crippen LogP contribution in [0.2, 0.25) is 0 Å². The molecule has 0 spiro atoms. The fourth-order valence-electron chi connectivity index (χ4n) is 3.43. The normalized spacial score (nSPS) is 11.1. The van der Waals surface area contributed by atoms with E-state index in [1.54, 1.807) is 12.1 Å². The molecule has 0 bridgehead atoms. The Kier molecular flexibility index (Phi) is 14.8. The number of halogens is 6. The van der Waals surface area contributed by atoms with Gasteiger partial charge in [-0.25, -0.2) is 14.4 Å². The van der Waals surface area contributed by atoms with E-state index in [0.717, 1.165) is 5.56 Å². The van der Waals surface area contributed by atoms with Gasteiger partial charge in [0.1, 0.15) is 0 Å². The van der Waals surface area contributed by atoms with Gasteiger partial charge in [0.2, 0.25) is 0 Å². The molecule has 0 amide bonds. The highest BCUT2D eigenvalue weighted by molar-refractivity contribution is 5.90. The number of aryl methyl sites for hydroxylation is 1. The number of esters is 3. The van der Waals surface area contributed by atoms with Gasteiger partial charge in [-0.05, 0) is 72.5 Å². The monoisotopic (exact) mass is 638 g/mol. The zero-order valence-electron chi connectivity index (χ0n) is 25.1. The number of rotatable bonds is 6. The Morgan fingerprint density at radius 3 is 1.24 bits per heavy atom. The van der Waals surface area contributed by atoms with Crippen LogP contribution in [0.4, 0.5) is 26.3 Å². The Morgan fingerprint density at radius 1 is 0.622 bits per heavy atom. The largest absolute Gasteiger partial charge is 0.465 e. The van der Waals surface area contributed by atoms with Crippen LogP contribution in [0, 0.1) is 6.92 Å². The van der Waals surface area contributed by atoms with Crippen LogP contribution in [-0.2, 0) is 14.2 Å². The highest BCUT2D eigenvalue weighted by Gasteiger charge is 2.28. The van der Waals surface area contributed by atoms with Crippen molar-refractivity contribution in [2.45, 2.75) is 32.6 Å². The number of hydrogen-bond donors (Lipinski definition) is 0. The molecule has 0 heterocycles. The van der Waals surface area contributed by atoms with Crippen molar-refractivity contribution in [3.05, 3.63) is 119 Å². The van der Waals surface area contributed by atoms with E-state index in [0.29, 0.717) is 22.3 Å². The first-order valence-corrected chi connectivity index (χ1v) is 12.9. The maximum atomic E-state index is 12.1. The molecule has 3 rings (SSSR count). The summed E-state index contributed by atoms with van der Waals surface area (Å²) in [6.45, 7) is 6.70. The summed E-state index contributed by atoms with van der Waals surface area (Å²) in [5.41, 5.74) is 3.15. The fourth-order valence-corrected chi connectivity index (χ4v) is 3.43. The summed E-state index contributed by atoms with van der Waals surface area (Å²) in [4.78, 5) is 33.1. The second-order valence-corrected chi connectivity index (χ2v) is 9.26. The molecular weight excluding hydrogens is 606 g/mol. The SMILES string of the molecule is C=C(CC(F)(F)F)c1ccc(C(=O)OC)cc1.COC(=O)c1ccc(/C(C)=C/C(F)(F)F)cc1.COC(=O)c1ccc(C)cc1. The van der Waals surface area contributed by atoms with Gasteiger partial charge >= 0.3 is 30.3 Å². The van der Waals surface area contributed by atoms with Crippen molar-refractivity contribution in [1.82, 2.24) is 0 Å². The van der Waals surface area contributed by atoms with Gasteiger partial charge in [0.05, 0.1) is 44.4 Å². The molecule has 0 saturated heterocycles. The zero-order valence-corrected chi connectivity index (χ0v) is 25.1.